The normalized spacial score (nSPS) is 10.7. The summed E-state index contributed by atoms with van der Waals surface area (Å²) in [5.41, 5.74) is 6.34. The van der Waals surface area contributed by atoms with E-state index >= 15 is 0 Å². The number of carbonyl (C=O) groups is 2. The standard InChI is InChI=1S/C17H14ClFN2O2/c1-10-14(19)8-12(17(20)23)9-15(10)21-16(22)7-4-11-2-5-13(18)6-3-11/h2-9H,1H3,(H2,20,23)(H,21,22)/b7-4+. The van der Waals surface area contributed by atoms with E-state index in [9.17, 15) is 14.0 Å². The smallest absolute Gasteiger partial charge is 0.248 e. The fourth-order valence-electron chi connectivity index (χ4n) is 1.87. The molecule has 0 saturated heterocycles. The SMILES string of the molecule is Cc1c(F)cc(C(N)=O)cc1NC(=O)/C=C/c1ccc(Cl)cc1. The Bertz CT molecular complexity index is 786. The highest BCUT2D eigenvalue weighted by atomic mass is 35.5. The number of hydrogen-bond acceptors (Lipinski definition) is 2. The molecule has 4 nitrogen and oxygen atoms in total. The quantitative estimate of drug-likeness (QED) is 0.840. The first-order valence-electron chi connectivity index (χ1n) is 6.71. The summed E-state index contributed by atoms with van der Waals surface area (Å²) in [6.07, 6.45) is 2.90. The van der Waals surface area contributed by atoms with Gasteiger partial charge in [0, 0.05) is 27.9 Å². The second kappa shape index (κ2) is 7.07. The van der Waals surface area contributed by atoms with Crippen molar-refractivity contribution in [2.75, 3.05) is 5.32 Å². The predicted octanol–water partition coefficient (Wildman–Crippen LogP) is 3.54. The van der Waals surface area contributed by atoms with E-state index < -0.39 is 17.6 Å². The summed E-state index contributed by atoms with van der Waals surface area (Å²) in [7, 11) is 0. The highest BCUT2D eigenvalue weighted by molar-refractivity contribution is 6.30. The van der Waals surface area contributed by atoms with Gasteiger partial charge in [0.05, 0.1) is 0 Å². The molecule has 0 aliphatic carbocycles. The number of amides is 2. The van der Waals surface area contributed by atoms with Crippen LogP contribution in [0.3, 0.4) is 0 Å². The number of halogens is 2. The van der Waals surface area contributed by atoms with Crippen LogP contribution in [0, 0.1) is 12.7 Å². The molecule has 2 aromatic rings. The Morgan fingerprint density at radius 3 is 2.48 bits per heavy atom. The van der Waals surface area contributed by atoms with Gasteiger partial charge in [-0.1, -0.05) is 23.7 Å². The van der Waals surface area contributed by atoms with Crippen LogP contribution >= 0.6 is 11.6 Å². The molecule has 2 amide bonds. The second-order valence-corrected chi connectivity index (χ2v) is 5.31. The highest BCUT2D eigenvalue weighted by Crippen LogP contribution is 2.21. The van der Waals surface area contributed by atoms with Gasteiger partial charge >= 0.3 is 0 Å². The number of nitrogens with two attached hydrogens (primary N) is 1. The summed E-state index contributed by atoms with van der Waals surface area (Å²) in [6.45, 7) is 1.50. The van der Waals surface area contributed by atoms with Crippen molar-refractivity contribution < 1.29 is 14.0 Å². The van der Waals surface area contributed by atoms with E-state index in [0.717, 1.165) is 11.6 Å². The van der Waals surface area contributed by atoms with Crippen molar-refractivity contribution in [3.05, 3.63) is 70.0 Å². The molecule has 0 aliphatic rings. The molecule has 23 heavy (non-hydrogen) atoms. The van der Waals surface area contributed by atoms with Gasteiger partial charge < -0.3 is 11.1 Å². The number of nitrogens with one attached hydrogen (secondary N) is 1. The van der Waals surface area contributed by atoms with E-state index in [1.165, 1.54) is 19.1 Å². The van der Waals surface area contributed by atoms with Crippen LogP contribution < -0.4 is 11.1 Å². The van der Waals surface area contributed by atoms with Crippen LogP contribution in [-0.2, 0) is 4.79 Å². The zero-order chi connectivity index (χ0) is 17.0. The third kappa shape index (κ3) is 4.40. The number of carbonyl (C=O) groups excluding carboxylic acids is 2. The fraction of sp³-hybridized carbons (Fsp3) is 0.0588. The van der Waals surface area contributed by atoms with Crippen LogP contribution in [0.4, 0.5) is 10.1 Å². The third-order valence-corrected chi connectivity index (χ3v) is 3.44. The minimum Gasteiger partial charge on any atom is -0.366 e. The van der Waals surface area contributed by atoms with Gasteiger partial charge in [0.15, 0.2) is 0 Å². The third-order valence-electron chi connectivity index (χ3n) is 3.18. The maximum absolute atomic E-state index is 13.7. The van der Waals surface area contributed by atoms with Crippen molar-refractivity contribution in [2.24, 2.45) is 5.73 Å². The summed E-state index contributed by atoms with van der Waals surface area (Å²) >= 11 is 5.78. The van der Waals surface area contributed by atoms with Crippen molar-refractivity contribution in [2.45, 2.75) is 6.92 Å². The lowest BCUT2D eigenvalue weighted by Crippen LogP contribution is -2.15. The molecule has 0 unspecified atom stereocenters. The molecule has 0 fully saturated rings. The Kier molecular flexibility index (Phi) is 5.13. The van der Waals surface area contributed by atoms with E-state index in [1.807, 2.05) is 0 Å². The lowest BCUT2D eigenvalue weighted by Gasteiger charge is -2.09. The van der Waals surface area contributed by atoms with E-state index in [1.54, 1.807) is 30.3 Å². The van der Waals surface area contributed by atoms with Crippen LogP contribution in [0.5, 0.6) is 0 Å². The predicted molar refractivity (Wildman–Crippen MR) is 88.8 cm³/mol. The van der Waals surface area contributed by atoms with Crippen molar-refractivity contribution in [1.82, 2.24) is 0 Å². The topological polar surface area (TPSA) is 72.2 Å². The summed E-state index contributed by atoms with van der Waals surface area (Å²) < 4.78 is 13.7. The van der Waals surface area contributed by atoms with Gasteiger partial charge in [0.2, 0.25) is 11.8 Å². The van der Waals surface area contributed by atoms with E-state index in [0.29, 0.717) is 5.02 Å². The molecule has 0 spiro atoms. The number of hydrogen-bond donors (Lipinski definition) is 2. The van der Waals surface area contributed by atoms with E-state index in [4.69, 9.17) is 17.3 Å². The Morgan fingerprint density at radius 2 is 1.87 bits per heavy atom. The van der Waals surface area contributed by atoms with Gasteiger partial charge in [-0.15, -0.1) is 0 Å². The number of primary amides is 1. The Labute approximate surface area is 137 Å². The molecule has 3 N–H and O–H groups in total. The van der Waals surface area contributed by atoms with Gasteiger partial charge in [-0.25, -0.2) is 4.39 Å². The Hall–Kier alpha value is -2.66. The van der Waals surface area contributed by atoms with Gasteiger partial charge in [0.25, 0.3) is 0 Å². The molecule has 2 rings (SSSR count). The van der Waals surface area contributed by atoms with Gasteiger partial charge in [-0.05, 0) is 42.8 Å². The zero-order valence-corrected chi connectivity index (χ0v) is 13.0. The molecule has 2 aromatic carbocycles. The number of rotatable bonds is 4. The number of benzene rings is 2. The molecule has 0 aliphatic heterocycles. The minimum absolute atomic E-state index is 0.00918. The van der Waals surface area contributed by atoms with Gasteiger partial charge in [-0.3, -0.25) is 9.59 Å². The highest BCUT2D eigenvalue weighted by Gasteiger charge is 2.11. The first-order valence-corrected chi connectivity index (χ1v) is 7.09. The van der Waals surface area contributed by atoms with Crippen LogP contribution in [0.2, 0.25) is 5.02 Å². The average molecular weight is 333 g/mol. The first kappa shape index (κ1) is 16.7. The number of anilines is 1. The molecule has 6 heteroatoms. The van der Waals surface area contributed by atoms with E-state index in [2.05, 4.69) is 5.32 Å². The first-order chi connectivity index (χ1) is 10.9. The molecule has 0 radical (unpaired) electrons. The van der Waals surface area contributed by atoms with Gasteiger partial charge in [0.1, 0.15) is 5.82 Å². The minimum atomic E-state index is -0.767. The van der Waals surface area contributed by atoms with E-state index in [-0.39, 0.29) is 16.8 Å². The molecule has 0 saturated carbocycles. The molecule has 0 aromatic heterocycles. The molecular formula is C17H14ClFN2O2. The maximum atomic E-state index is 13.7. The maximum Gasteiger partial charge on any atom is 0.248 e. The molecule has 118 valence electrons. The molecule has 0 atom stereocenters. The molecule has 0 heterocycles. The average Bonchev–Trinajstić information content (AvgIpc) is 2.51. The van der Waals surface area contributed by atoms with Crippen LogP contribution in [-0.4, -0.2) is 11.8 Å². The van der Waals surface area contributed by atoms with Crippen LogP contribution in [0.25, 0.3) is 6.08 Å². The fourth-order valence-corrected chi connectivity index (χ4v) is 2.00. The van der Waals surface area contributed by atoms with Crippen molar-refractivity contribution in [3.8, 4) is 0 Å². The second-order valence-electron chi connectivity index (χ2n) is 4.87. The lowest BCUT2D eigenvalue weighted by atomic mass is 10.1. The largest absolute Gasteiger partial charge is 0.366 e. The summed E-state index contributed by atoms with van der Waals surface area (Å²) in [4.78, 5) is 23.1. The molecular weight excluding hydrogens is 319 g/mol. The molecule has 0 bridgehead atoms. The van der Waals surface area contributed by atoms with Crippen molar-refractivity contribution in [1.29, 1.82) is 0 Å². The summed E-state index contributed by atoms with van der Waals surface area (Å²) in [5, 5.41) is 3.13. The lowest BCUT2D eigenvalue weighted by molar-refractivity contribution is -0.111. The summed E-state index contributed by atoms with van der Waals surface area (Å²) in [5.74, 6) is -1.83. The van der Waals surface area contributed by atoms with Crippen LogP contribution in [0.15, 0.2) is 42.5 Å². The zero-order valence-electron chi connectivity index (χ0n) is 12.3. The van der Waals surface area contributed by atoms with Crippen LogP contribution in [0.1, 0.15) is 21.5 Å². The summed E-state index contributed by atoms with van der Waals surface area (Å²) in [6, 6.07) is 9.30. The Balaban J connectivity index is 2.16. The van der Waals surface area contributed by atoms with Crippen molar-refractivity contribution >= 4 is 35.2 Å². The monoisotopic (exact) mass is 332 g/mol. The van der Waals surface area contributed by atoms with Crippen molar-refractivity contribution in [3.63, 3.8) is 0 Å². The van der Waals surface area contributed by atoms with Gasteiger partial charge in [-0.2, -0.15) is 0 Å². The Morgan fingerprint density at radius 1 is 1.22 bits per heavy atom.